The molecule has 1 aliphatic rings. The maximum Gasteiger partial charge on any atom is 0.341 e. The van der Waals surface area contributed by atoms with Gasteiger partial charge in [-0.25, -0.2) is 9.78 Å². The number of amides is 1. The van der Waals surface area contributed by atoms with Gasteiger partial charge >= 0.3 is 5.97 Å². The Morgan fingerprint density at radius 3 is 3.04 bits per heavy atom. The highest BCUT2D eigenvalue weighted by Crippen LogP contribution is 2.40. The molecule has 4 rings (SSSR count). The van der Waals surface area contributed by atoms with Gasteiger partial charge in [0.2, 0.25) is 0 Å². The molecule has 2 aromatic heterocycles. The lowest BCUT2D eigenvalue weighted by molar-refractivity contribution is 0.0526. The number of aromatic nitrogens is 1. The van der Waals surface area contributed by atoms with Gasteiger partial charge in [-0.2, -0.15) is 0 Å². The summed E-state index contributed by atoms with van der Waals surface area (Å²) in [7, 11) is -1.14. The van der Waals surface area contributed by atoms with E-state index in [2.05, 4.69) is 10.3 Å². The van der Waals surface area contributed by atoms with Gasteiger partial charge in [-0.05, 0) is 43.5 Å². The Kier molecular flexibility index (Phi) is 5.07. The quantitative estimate of drug-likeness (QED) is 0.648. The Hall–Kier alpha value is -2.10. The van der Waals surface area contributed by atoms with Crippen LogP contribution in [0, 0.1) is 0 Å². The van der Waals surface area contributed by atoms with Crippen LogP contribution in [0.1, 0.15) is 39.6 Å². The lowest BCUT2D eigenvalue weighted by atomic mass is 10.1. The second-order valence-electron chi connectivity index (χ2n) is 5.93. The highest BCUT2D eigenvalue weighted by Gasteiger charge is 2.30. The summed E-state index contributed by atoms with van der Waals surface area (Å²) in [5.41, 5.74) is 4.14. The third kappa shape index (κ3) is 3.42. The number of nitrogens with one attached hydrogen (secondary N) is 1. The summed E-state index contributed by atoms with van der Waals surface area (Å²) in [5.74, 6) is -0.229. The Morgan fingerprint density at radius 2 is 2.22 bits per heavy atom. The van der Waals surface area contributed by atoms with Crippen LogP contribution in [0.25, 0.3) is 10.2 Å². The SMILES string of the molecule is CCOC(=O)c1c(NC(=O)c2ccc3ncsc3c2)sc2c1CCC[S@]2=O. The number of fused-ring (bicyclic) bond motifs is 2. The van der Waals surface area contributed by atoms with Crippen LogP contribution < -0.4 is 5.32 Å². The van der Waals surface area contributed by atoms with E-state index in [1.165, 1.54) is 22.7 Å². The zero-order valence-electron chi connectivity index (χ0n) is 14.4. The van der Waals surface area contributed by atoms with Crippen molar-refractivity contribution in [3.05, 3.63) is 40.4 Å². The van der Waals surface area contributed by atoms with Gasteiger partial charge in [-0.15, -0.1) is 22.7 Å². The van der Waals surface area contributed by atoms with Crippen LogP contribution in [0.3, 0.4) is 0 Å². The zero-order chi connectivity index (χ0) is 19.0. The van der Waals surface area contributed by atoms with E-state index in [1.807, 2.05) is 0 Å². The molecule has 1 N–H and O–H groups in total. The van der Waals surface area contributed by atoms with Crippen molar-refractivity contribution in [3.8, 4) is 0 Å². The fourth-order valence-electron chi connectivity index (χ4n) is 3.01. The fraction of sp³-hybridized carbons (Fsp3) is 0.278. The van der Waals surface area contributed by atoms with E-state index < -0.39 is 16.8 Å². The van der Waals surface area contributed by atoms with E-state index in [4.69, 9.17) is 4.74 Å². The summed E-state index contributed by atoms with van der Waals surface area (Å²) in [5, 5.41) is 3.23. The number of carbonyl (C=O) groups is 2. The Bertz CT molecular complexity index is 1070. The summed E-state index contributed by atoms with van der Waals surface area (Å²) in [6.07, 6.45) is 1.41. The van der Waals surface area contributed by atoms with E-state index in [9.17, 15) is 13.8 Å². The molecule has 0 fully saturated rings. The molecule has 0 unspecified atom stereocenters. The summed E-state index contributed by atoms with van der Waals surface area (Å²) in [4.78, 5) is 29.5. The Morgan fingerprint density at radius 1 is 1.37 bits per heavy atom. The number of ether oxygens (including phenoxy) is 1. The maximum atomic E-state index is 12.8. The minimum atomic E-state index is -1.14. The number of esters is 1. The molecule has 6 nitrogen and oxygen atoms in total. The number of hydrogen-bond donors (Lipinski definition) is 1. The van der Waals surface area contributed by atoms with Crippen molar-refractivity contribution >= 4 is 60.6 Å². The normalized spacial score (nSPS) is 16.1. The number of rotatable bonds is 4. The number of carbonyl (C=O) groups excluding carboxylic acids is 2. The van der Waals surface area contributed by atoms with Crippen molar-refractivity contribution < 1.29 is 18.5 Å². The van der Waals surface area contributed by atoms with Crippen LogP contribution in [0.4, 0.5) is 5.00 Å². The van der Waals surface area contributed by atoms with Crippen LogP contribution >= 0.6 is 22.7 Å². The minimum absolute atomic E-state index is 0.238. The first-order valence-electron chi connectivity index (χ1n) is 8.44. The van der Waals surface area contributed by atoms with Gasteiger partial charge in [0.05, 0.1) is 42.9 Å². The molecule has 0 aliphatic carbocycles. The Labute approximate surface area is 166 Å². The molecule has 0 radical (unpaired) electrons. The first-order valence-corrected chi connectivity index (χ1v) is 11.5. The largest absolute Gasteiger partial charge is 0.462 e. The van der Waals surface area contributed by atoms with E-state index in [0.717, 1.165) is 22.2 Å². The van der Waals surface area contributed by atoms with E-state index in [0.29, 0.717) is 32.5 Å². The van der Waals surface area contributed by atoms with E-state index in [1.54, 1.807) is 30.6 Å². The van der Waals surface area contributed by atoms with Gasteiger partial charge < -0.3 is 10.1 Å². The number of thiophene rings is 1. The molecule has 1 atom stereocenters. The van der Waals surface area contributed by atoms with Gasteiger partial charge in [-0.3, -0.25) is 9.00 Å². The summed E-state index contributed by atoms with van der Waals surface area (Å²) in [6, 6.07) is 5.27. The van der Waals surface area contributed by atoms with Crippen LogP contribution in [-0.2, 0) is 22.0 Å². The average molecular weight is 421 g/mol. The van der Waals surface area contributed by atoms with E-state index >= 15 is 0 Å². The second kappa shape index (κ2) is 7.49. The average Bonchev–Trinajstić information content (AvgIpc) is 3.26. The Balaban J connectivity index is 1.70. The van der Waals surface area contributed by atoms with Crippen molar-refractivity contribution in [2.24, 2.45) is 0 Å². The molecule has 1 aromatic carbocycles. The number of hydrogen-bond acceptors (Lipinski definition) is 7. The van der Waals surface area contributed by atoms with Gasteiger partial charge in [0.15, 0.2) is 0 Å². The first kappa shape index (κ1) is 18.3. The van der Waals surface area contributed by atoms with Crippen molar-refractivity contribution in [3.63, 3.8) is 0 Å². The standard InChI is InChI=1S/C18H16N2O4S3/c1-2-24-17(22)14-11-4-3-7-27(23)18(11)26-16(14)20-15(21)10-5-6-12-13(8-10)25-9-19-12/h5-6,8-9H,2-4,7H2,1H3,(H,20,21)/t27-/m1/s1. The van der Waals surface area contributed by atoms with Crippen LogP contribution in [0.5, 0.6) is 0 Å². The predicted octanol–water partition coefficient (Wildman–Crippen LogP) is 3.84. The van der Waals surface area contributed by atoms with Gasteiger partial charge in [0.25, 0.3) is 5.91 Å². The highest BCUT2D eigenvalue weighted by molar-refractivity contribution is 7.87. The van der Waals surface area contributed by atoms with E-state index in [-0.39, 0.29) is 12.5 Å². The molecule has 1 amide bonds. The number of benzene rings is 1. The topological polar surface area (TPSA) is 85.4 Å². The van der Waals surface area contributed by atoms with Gasteiger partial charge in [0.1, 0.15) is 5.00 Å². The van der Waals surface area contributed by atoms with Crippen molar-refractivity contribution in [1.29, 1.82) is 0 Å². The molecule has 27 heavy (non-hydrogen) atoms. The summed E-state index contributed by atoms with van der Waals surface area (Å²) < 4.78 is 19.1. The monoisotopic (exact) mass is 420 g/mol. The molecule has 1 aliphatic heterocycles. The third-order valence-electron chi connectivity index (χ3n) is 4.23. The minimum Gasteiger partial charge on any atom is -0.462 e. The highest BCUT2D eigenvalue weighted by atomic mass is 32.2. The number of anilines is 1. The summed E-state index contributed by atoms with van der Waals surface area (Å²) in [6.45, 7) is 1.97. The molecule has 0 bridgehead atoms. The molecule has 0 saturated heterocycles. The zero-order valence-corrected chi connectivity index (χ0v) is 16.9. The lowest BCUT2D eigenvalue weighted by Crippen LogP contribution is -2.16. The van der Waals surface area contributed by atoms with Gasteiger partial charge in [0, 0.05) is 11.3 Å². The third-order valence-corrected chi connectivity index (χ3v) is 8.09. The molecule has 3 heterocycles. The molecular formula is C18H16N2O4S3. The van der Waals surface area contributed by atoms with Crippen molar-refractivity contribution in [1.82, 2.24) is 4.98 Å². The maximum absolute atomic E-state index is 12.8. The second-order valence-corrected chi connectivity index (χ2v) is 9.61. The molecule has 0 spiro atoms. The fourth-order valence-corrected chi connectivity index (χ4v) is 6.63. The molecule has 0 saturated carbocycles. The van der Waals surface area contributed by atoms with Crippen molar-refractivity contribution in [2.75, 3.05) is 17.7 Å². The predicted molar refractivity (Wildman–Crippen MR) is 107 cm³/mol. The summed E-state index contributed by atoms with van der Waals surface area (Å²) >= 11 is 2.67. The molecule has 9 heteroatoms. The molecule has 3 aromatic rings. The van der Waals surface area contributed by atoms with Crippen LogP contribution in [-0.4, -0.2) is 33.4 Å². The van der Waals surface area contributed by atoms with Gasteiger partial charge in [-0.1, -0.05) is 0 Å². The molecular weight excluding hydrogens is 404 g/mol. The van der Waals surface area contributed by atoms with Crippen LogP contribution in [0.15, 0.2) is 27.9 Å². The number of nitrogens with zero attached hydrogens (tertiary/aromatic N) is 1. The van der Waals surface area contributed by atoms with Crippen LogP contribution in [0.2, 0.25) is 0 Å². The molecule has 140 valence electrons. The smallest absolute Gasteiger partial charge is 0.341 e. The number of thiazole rings is 1. The first-order chi connectivity index (χ1) is 13.1. The lowest BCUT2D eigenvalue weighted by Gasteiger charge is -2.12. The van der Waals surface area contributed by atoms with Crippen molar-refractivity contribution in [2.45, 2.75) is 24.0 Å².